The molecule has 0 aromatic carbocycles. The fourth-order valence-electron chi connectivity index (χ4n) is 2.54. The minimum Gasteiger partial charge on any atom is -0.619 e. The molecule has 0 bridgehead atoms. The van der Waals surface area contributed by atoms with Crippen LogP contribution < -0.4 is 10.0 Å². The van der Waals surface area contributed by atoms with Gasteiger partial charge in [0.25, 0.3) is 5.91 Å². The third-order valence-electron chi connectivity index (χ3n) is 3.83. The predicted molar refractivity (Wildman–Crippen MR) is 75.2 cm³/mol. The monoisotopic (exact) mass is 292 g/mol. The normalized spacial score (nSPS) is 21.6. The maximum absolute atomic E-state index is 11.8. The number of esters is 1. The number of carbonyl (C=O) groups excluding carboxylic acids is 2. The third-order valence-corrected chi connectivity index (χ3v) is 3.83. The van der Waals surface area contributed by atoms with Gasteiger partial charge in [0, 0.05) is 18.2 Å². The molecule has 1 saturated carbocycles. The standard InChI is InChI=1S/C15H20N2O4/c1-11-4-2-3-5-13(11)16-14(18)10-21-15(19)12-6-8-17(20)9-7-12/h6-9,11,13H,2-5,10H2,1H3,(H,16,18)/t11-,13-/m0/s1. The summed E-state index contributed by atoms with van der Waals surface area (Å²) >= 11 is 0. The van der Waals surface area contributed by atoms with Crippen LogP contribution in [0.4, 0.5) is 0 Å². The molecule has 2 rings (SSSR count). The number of nitrogens with one attached hydrogen (secondary N) is 1. The minimum absolute atomic E-state index is 0.168. The number of aromatic nitrogens is 1. The lowest BCUT2D eigenvalue weighted by Gasteiger charge is -2.29. The van der Waals surface area contributed by atoms with Crippen molar-refractivity contribution in [2.45, 2.75) is 38.6 Å². The van der Waals surface area contributed by atoms with Gasteiger partial charge < -0.3 is 15.3 Å². The molecule has 21 heavy (non-hydrogen) atoms. The van der Waals surface area contributed by atoms with Crippen LogP contribution in [0.3, 0.4) is 0 Å². The highest BCUT2D eigenvalue weighted by atomic mass is 16.5. The van der Waals surface area contributed by atoms with Crippen molar-refractivity contribution >= 4 is 11.9 Å². The van der Waals surface area contributed by atoms with Crippen molar-refractivity contribution < 1.29 is 19.1 Å². The Morgan fingerprint density at radius 1 is 1.33 bits per heavy atom. The molecule has 0 saturated heterocycles. The molecule has 0 radical (unpaired) electrons. The molecule has 1 aromatic rings. The molecule has 1 heterocycles. The quantitative estimate of drug-likeness (QED) is 0.513. The Labute approximate surface area is 123 Å². The molecule has 6 nitrogen and oxygen atoms in total. The van der Waals surface area contributed by atoms with Crippen LogP contribution in [-0.4, -0.2) is 24.5 Å². The molecule has 2 atom stereocenters. The second-order valence-electron chi connectivity index (χ2n) is 5.46. The van der Waals surface area contributed by atoms with Crippen molar-refractivity contribution in [3.63, 3.8) is 0 Å². The van der Waals surface area contributed by atoms with E-state index in [0.717, 1.165) is 19.3 Å². The maximum atomic E-state index is 11.8. The molecular weight excluding hydrogens is 272 g/mol. The highest BCUT2D eigenvalue weighted by Crippen LogP contribution is 2.23. The zero-order chi connectivity index (χ0) is 15.2. The number of pyridine rings is 1. The molecule has 1 N–H and O–H groups in total. The molecule has 0 spiro atoms. The van der Waals surface area contributed by atoms with Crippen LogP contribution >= 0.6 is 0 Å². The van der Waals surface area contributed by atoms with Gasteiger partial charge in [0.2, 0.25) is 0 Å². The first kappa shape index (κ1) is 15.3. The zero-order valence-electron chi connectivity index (χ0n) is 12.1. The minimum atomic E-state index is -0.609. The maximum Gasteiger partial charge on any atom is 0.339 e. The van der Waals surface area contributed by atoms with Gasteiger partial charge in [-0.05, 0) is 18.8 Å². The molecule has 114 valence electrons. The number of carbonyl (C=O) groups is 2. The van der Waals surface area contributed by atoms with Crippen LogP contribution in [0.1, 0.15) is 43.0 Å². The molecule has 1 aliphatic carbocycles. The van der Waals surface area contributed by atoms with Gasteiger partial charge in [-0.15, -0.1) is 0 Å². The highest BCUT2D eigenvalue weighted by Gasteiger charge is 2.23. The van der Waals surface area contributed by atoms with E-state index in [1.807, 2.05) is 0 Å². The second-order valence-corrected chi connectivity index (χ2v) is 5.46. The lowest BCUT2D eigenvalue weighted by molar-refractivity contribution is -0.605. The first-order chi connectivity index (χ1) is 10.1. The van der Waals surface area contributed by atoms with Crippen molar-refractivity contribution in [3.05, 3.63) is 35.3 Å². The third kappa shape index (κ3) is 4.44. The van der Waals surface area contributed by atoms with E-state index >= 15 is 0 Å². The summed E-state index contributed by atoms with van der Waals surface area (Å²) in [6, 6.07) is 2.88. The average Bonchev–Trinajstić information content (AvgIpc) is 2.48. The molecular formula is C15H20N2O4. The summed E-state index contributed by atoms with van der Waals surface area (Å²) in [5.41, 5.74) is 0.251. The SMILES string of the molecule is C[C@H]1CCCC[C@@H]1NC(=O)COC(=O)c1cc[n+]([O-])cc1. The van der Waals surface area contributed by atoms with Crippen LogP contribution in [0.5, 0.6) is 0 Å². The van der Waals surface area contributed by atoms with Gasteiger partial charge in [-0.1, -0.05) is 19.8 Å². The lowest BCUT2D eigenvalue weighted by Crippen LogP contribution is -2.42. The van der Waals surface area contributed by atoms with Crippen LogP contribution in [0, 0.1) is 11.1 Å². The highest BCUT2D eigenvalue weighted by molar-refractivity contribution is 5.91. The van der Waals surface area contributed by atoms with Crippen LogP contribution in [0.25, 0.3) is 0 Å². The van der Waals surface area contributed by atoms with Gasteiger partial charge in [0.15, 0.2) is 19.0 Å². The number of nitrogens with zero attached hydrogens (tertiary/aromatic N) is 1. The van der Waals surface area contributed by atoms with Gasteiger partial charge in [-0.3, -0.25) is 4.79 Å². The Kier molecular flexibility index (Phi) is 5.14. The van der Waals surface area contributed by atoms with Crippen molar-refractivity contribution in [3.8, 4) is 0 Å². The second kappa shape index (κ2) is 7.06. The van der Waals surface area contributed by atoms with E-state index in [-0.39, 0.29) is 24.1 Å². The zero-order valence-corrected chi connectivity index (χ0v) is 12.1. The Morgan fingerprint density at radius 2 is 2.00 bits per heavy atom. The van der Waals surface area contributed by atoms with E-state index in [2.05, 4.69) is 12.2 Å². The van der Waals surface area contributed by atoms with Crippen molar-refractivity contribution in [2.75, 3.05) is 6.61 Å². The largest absolute Gasteiger partial charge is 0.619 e. The van der Waals surface area contributed by atoms with E-state index in [1.54, 1.807) is 0 Å². The molecule has 0 unspecified atom stereocenters. The topological polar surface area (TPSA) is 82.3 Å². The first-order valence-corrected chi connectivity index (χ1v) is 7.21. The molecule has 6 heteroatoms. The van der Waals surface area contributed by atoms with E-state index in [1.165, 1.54) is 30.9 Å². The van der Waals surface area contributed by atoms with E-state index in [0.29, 0.717) is 10.6 Å². The summed E-state index contributed by atoms with van der Waals surface area (Å²) in [5.74, 6) is -0.431. The Morgan fingerprint density at radius 3 is 2.67 bits per heavy atom. The van der Waals surface area contributed by atoms with Crippen molar-refractivity contribution in [2.24, 2.45) is 5.92 Å². The van der Waals surface area contributed by atoms with Crippen molar-refractivity contribution in [1.82, 2.24) is 5.32 Å². The fourth-order valence-corrected chi connectivity index (χ4v) is 2.54. The number of hydrogen-bond acceptors (Lipinski definition) is 4. The van der Waals surface area contributed by atoms with E-state index in [4.69, 9.17) is 4.74 Å². The smallest absolute Gasteiger partial charge is 0.339 e. The summed E-state index contributed by atoms with van der Waals surface area (Å²) in [6.07, 6.45) is 6.83. The Hall–Kier alpha value is -2.11. The average molecular weight is 292 g/mol. The lowest BCUT2D eigenvalue weighted by atomic mass is 9.86. The summed E-state index contributed by atoms with van der Waals surface area (Å²) in [7, 11) is 0. The van der Waals surface area contributed by atoms with E-state index < -0.39 is 5.97 Å². The first-order valence-electron chi connectivity index (χ1n) is 7.21. The molecule has 1 aliphatic rings. The Balaban J connectivity index is 1.78. The van der Waals surface area contributed by atoms with E-state index in [9.17, 15) is 14.8 Å². The number of rotatable bonds is 4. The van der Waals surface area contributed by atoms with Crippen LogP contribution in [0.2, 0.25) is 0 Å². The molecule has 0 aliphatic heterocycles. The predicted octanol–water partition coefficient (Wildman–Crippen LogP) is 1.17. The fraction of sp³-hybridized carbons (Fsp3) is 0.533. The summed E-state index contributed by atoms with van der Waals surface area (Å²) in [6.45, 7) is 1.83. The summed E-state index contributed by atoms with van der Waals surface area (Å²) in [4.78, 5) is 23.5. The van der Waals surface area contributed by atoms with Gasteiger partial charge in [-0.2, -0.15) is 4.73 Å². The van der Waals surface area contributed by atoms with Gasteiger partial charge in [-0.25, -0.2) is 4.79 Å². The number of hydrogen-bond donors (Lipinski definition) is 1. The van der Waals surface area contributed by atoms with Crippen LogP contribution in [0.15, 0.2) is 24.5 Å². The molecule has 1 aromatic heterocycles. The molecule has 1 fully saturated rings. The van der Waals surface area contributed by atoms with Crippen LogP contribution in [-0.2, 0) is 9.53 Å². The number of amides is 1. The Bertz CT molecular complexity index is 501. The summed E-state index contributed by atoms with van der Waals surface area (Å²) < 4.78 is 5.52. The van der Waals surface area contributed by atoms with Gasteiger partial charge >= 0.3 is 5.97 Å². The molecule has 1 amide bonds. The number of ether oxygens (including phenoxy) is 1. The van der Waals surface area contributed by atoms with Crippen molar-refractivity contribution in [1.29, 1.82) is 0 Å². The summed E-state index contributed by atoms with van der Waals surface area (Å²) in [5, 5.41) is 13.8. The van der Waals surface area contributed by atoms with Gasteiger partial charge in [0.05, 0.1) is 5.56 Å². The van der Waals surface area contributed by atoms with Gasteiger partial charge in [0.1, 0.15) is 0 Å².